The van der Waals surface area contributed by atoms with Gasteiger partial charge in [-0.3, -0.25) is 4.79 Å². The van der Waals surface area contributed by atoms with Gasteiger partial charge in [0.05, 0.1) is 5.38 Å². The summed E-state index contributed by atoms with van der Waals surface area (Å²) in [5.74, 6) is 0.0469. The molecule has 1 atom stereocenters. The highest BCUT2D eigenvalue weighted by Gasteiger charge is 2.28. The fraction of sp³-hybridized carbons (Fsp3) is 0.118. The van der Waals surface area contributed by atoms with E-state index in [0.717, 1.165) is 16.7 Å². The largest absolute Gasteiger partial charge is 0.289 e. The number of carbonyl (C=O) groups is 1. The summed E-state index contributed by atoms with van der Waals surface area (Å²) >= 11 is 6.37. The van der Waals surface area contributed by atoms with Gasteiger partial charge in [0.2, 0.25) is 0 Å². The van der Waals surface area contributed by atoms with Crippen molar-refractivity contribution in [2.45, 2.75) is 11.8 Å². The molecule has 0 saturated carbocycles. The highest BCUT2D eigenvalue weighted by Crippen LogP contribution is 2.30. The van der Waals surface area contributed by atoms with Crippen LogP contribution in [-0.4, -0.2) is 11.2 Å². The lowest BCUT2D eigenvalue weighted by molar-refractivity contribution is 0.102. The molecule has 1 nitrogen and oxygen atoms in total. The molecule has 0 aromatic heterocycles. The molecule has 0 N–H and O–H groups in total. The van der Waals surface area contributed by atoms with E-state index in [4.69, 9.17) is 11.6 Å². The van der Waals surface area contributed by atoms with E-state index < -0.39 is 0 Å². The number of allylic oxidation sites excluding steroid dienone is 1. The van der Waals surface area contributed by atoms with Crippen LogP contribution in [0, 0.1) is 0 Å². The summed E-state index contributed by atoms with van der Waals surface area (Å²) in [6, 6.07) is 17.5. The van der Waals surface area contributed by atoms with E-state index >= 15 is 0 Å². The number of hydrogen-bond acceptors (Lipinski definition) is 1. The van der Waals surface area contributed by atoms with E-state index in [1.54, 1.807) is 0 Å². The van der Waals surface area contributed by atoms with Crippen LogP contribution < -0.4 is 0 Å². The van der Waals surface area contributed by atoms with Crippen molar-refractivity contribution in [3.05, 3.63) is 76.9 Å². The number of carbonyl (C=O) groups excluding carboxylic acids is 1. The molecular formula is C17H13ClO. The first-order valence-corrected chi connectivity index (χ1v) is 6.72. The molecule has 2 aromatic rings. The molecule has 2 aromatic carbocycles. The number of ketones is 1. The number of halogens is 1. The van der Waals surface area contributed by atoms with Gasteiger partial charge in [-0.2, -0.15) is 0 Å². The van der Waals surface area contributed by atoms with Gasteiger partial charge in [-0.15, -0.1) is 11.6 Å². The molecule has 3 rings (SSSR count). The summed E-state index contributed by atoms with van der Waals surface area (Å²) in [4.78, 5) is 12.5. The minimum atomic E-state index is -0.248. The molecule has 0 heterocycles. The van der Waals surface area contributed by atoms with Crippen LogP contribution in [0.25, 0.3) is 6.08 Å². The van der Waals surface area contributed by atoms with Crippen molar-refractivity contribution < 1.29 is 4.79 Å². The van der Waals surface area contributed by atoms with E-state index in [2.05, 4.69) is 0 Å². The fourth-order valence-corrected chi connectivity index (χ4v) is 2.73. The molecule has 0 aliphatic heterocycles. The Morgan fingerprint density at radius 3 is 2.47 bits per heavy atom. The van der Waals surface area contributed by atoms with Crippen molar-refractivity contribution in [2.24, 2.45) is 0 Å². The third-order valence-electron chi connectivity index (χ3n) is 3.38. The van der Waals surface area contributed by atoms with Gasteiger partial charge >= 0.3 is 0 Å². The quantitative estimate of drug-likeness (QED) is 0.562. The lowest BCUT2D eigenvalue weighted by atomic mass is 9.85. The molecule has 19 heavy (non-hydrogen) atoms. The van der Waals surface area contributed by atoms with Crippen molar-refractivity contribution in [2.75, 3.05) is 0 Å². The van der Waals surface area contributed by atoms with E-state index in [1.807, 2.05) is 60.7 Å². The average molecular weight is 269 g/mol. The summed E-state index contributed by atoms with van der Waals surface area (Å²) in [7, 11) is 0. The van der Waals surface area contributed by atoms with Crippen molar-refractivity contribution in [1.29, 1.82) is 0 Å². The molecule has 2 heteroatoms. The molecular weight excluding hydrogens is 256 g/mol. The first kappa shape index (κ1) is 12.2. The van der Waals surface area contributed by atoms with E-state index in [9.17, 15) is 4.79 Å². The van der Waals surface area contributed by atoms with Crippen molar-refractivity contribution in [3.8, 4) is 0 Å². The Balaban J connectivity index is 2.05. The second-order valence-corrected chi connectivity index (χ2v) is 5.20. The molecule has 1 aliphatic carbocycles. The fourth-order valence-electron chi connectivity index (χ4n) is 2.41. The summed E-state index contributed by atoms with van der Waals surface area (Å²) in [6.07, 6.45) is 2.61. The van der Waals surface area contributed by atoms with Gasteiger partial charge in [0.1, 0.15) is 0 Å². The van der Waals surface area contributed by atoms with Crippen molar-refractivity contribution in [1.82, 2.24) is 0 Å². The van der Waals surface area contributed by atoms with Crippen molar-refractivity contribution in [3.63, 3.8) is 0 Å². The summed E-state index contributed by atoms with van der Waals surface area (Å²) in [5.41, 5.74) is 3.52. The zero-order valence-corrected chi connectivity index (χ0v) is 11.1. The van der Waals surface area contributed by atoms with Crippen LogP contribution in [0.1, 0.15) is 21.5 Å². The minimum Gasteiger partial charge on any atom is -0.289 e. The Morgan fingerprint density at radius 1 is 1.00 bits per heavy atom. The van der Waals surface area contributed by atoms with Gasteiger partial charge in [0.15, 0.2) is 5.78 Å². The average Bonchev–Trinajstić information content (AvgIpc) is 2.45. The topological polar surface area (TPSA) is 17.1 Å². The van der Waals surface area contributed by atoms with Crippen LogP contribution in [0.4, 0.5) is 0 Å². The summed E-state index contributed by atoms with van der Waals surface area (Å²) < 4.78 is 0. The molecule has 0 saturated heterocycles. The predicted molar refractivity (Wildman–Crippen MR) is 78.5 cm³/mol. The summed E-state index contributed by atoms with van der Waals surface area (Å²) in [5, 5.41) is -0.248. The second-order valence-electron chi connectivity index (χ2n) is 4.67. The molecule has 0 spiro atoms. The first-order chi connectivity index (χ1) is 9.25. The zero-order valence-electron chi connectivity index (χ0n) is 10.3. The van der Waals surface area contributed by atoms with Crippen LogP contribution in [0.15, 0.2) is 60.2 Å². The van der Waals surface area contributed by atoms with Gasteiger partial charge in [-0.1, -0.05) is 54.6 Å². The maximum absolute atomic E-state index is 12.5. The Hall–Kier alpha value is -1.86. The van der Waals surface area contributed by atoms with Crippen molar-refractivity contribution >= 4 is 23.5 Å². The number of hydrogen-bond donors (Lipinski definition) is 0. The molecule has 94 valence electrons. The molecule has 0 bridgehead atoms. The first-order valence-electron chi connectivity index (χ1n) is 6.29. The molecule has 0 fully saturated rings. The Bertz CT molecular complexity index is 643. The van der Waals surface area contributed by atoms with Crippen LogP contribution in [0.2, 0.25) is 0 Å². The van der Waals surface area contributed by atoms with Crippen LogP contribution in [-0.2, 0) is 6.42 Å². The molecule has 1 aliphatic rings. The van der Waals surface area contributed by atoms with Gasteiger partial charge in [-0.25, -0.2) is 0 Å². The number of rotatable bonds is 1. The van der Waals surface area contributed by atoms with Gasteiger partial charge in [-0.05, 0) is 23.6 Å². The predicted octanol–water partition coefficient (Wildman–Crippen LogP) is 4.12. The standard InChI is InChI=1S/C17H13ClO/c18-16-11-13-8-4-5-9-14(13)17(19)15(16)10-12-6-2-1-3-7-12/h1-10,16H,11H2. The Kier molecular flexibility index (Phi) is 3.22. The maximum atomic E-state index is 12.5. The Labute approximate surface area is 117 Å². The number of Topliss-reactive ketones (excluding diaryl/α,β-unsaturated/α-hetero) is 1. The third kappa shape index (κ3) is 2.34. The number of alkyl halides is 1. The Morgan fingerprint density at radius 2 is 1.68 bits per heavy atom. The highest BCUT2D eigenvalue weighted by molar-refractivity contribution is 6.30. The van der Waals surface area contributed by atoms with E-state index in [-0.39, 0.29) is 11.2 Å². The maximum Gasteiger partial charge on any atom is 0.190 e. The van der Waals surface area contributed by atoms with Gasteiger partial charge < -0.3 is 0 Å². The molecule has 0 radical (unpaired) electrons. The van der Waals surface area contributed by atoms with Crippen LogP contribution in [0.5, 0.6) is 0 Å². The van der Waals surface area contributed by atoms with Gasteiger partial charge in [0, 0.05) is 11.1 Å². The lowest BCUT2D eigenvalue weighted by Gasteiger charge is -2.22. The van der Waals surface area contributed by atoms with Gasteiger partial charge in [0.25, 0.3) is 0 Å². The molecule has 0 amide bonds. The SMILES string of the molecule is O=C1C(=Cc2ccccc2)C(Cl)Cc2ccccc21. The van der Waals surface area contributed by atoms with E-state index in [1.165, 1.54) is 0 Å². The minimum absolute atomic E-state index is 0.0469. The smallest absolute Gasteiger partial charge is 0.190 e. The molecule has 1 unspecified atom stereocenters. The number of benzene rings is 2. The normalized spacial score (nSPS) is 20.4. The monoisotopic (exact) mass is 268 g/mol. The number of fused-ring (bicyclic) bond motifs is 1. The van der Waals surface area contributed by atoms with E-state index in [0.29, 0.717) is 12.0 Å². The zero-order chi connectivity index (χ0) is 13.2. The van der Waals surface area contributed by atoms with Crippen LogP contribution in [0.3, 0.4) is 0 Å². The lowest BCUT2D eigenvalue weighted by Crippen LogP contribution is -2.23. The second kappa shape index (κ2) is 5.02. The summed E-state index contributed by atoms with van der Waals surface area (Å²) in [6.45, 7) is 0. The van der Waals surface area contributed by atoms with Crippen LogP contribution >= 0.6 is 11.6 Å². The highest BCUT2D eigenvalue weighted by atomic mass is 35.5. The third-order valence-corrected chi connectivity index (χ3v) is 3.77.